The number of aryl methyl sites for hydroxylation is 2. The smallest absolute Gasteiger partial charge is 0.261 e. The molecule has 0 spiro atoms. The Bertz CT molecular complexity index is 531. The van der Waals surface area contributed by atoms with Gasteiger partial charge in [0.25, 0.3) is 5.91 Å². The SMILES string of the molecule is Cc1nc([C@@H](C)NC(=O)c2ccc(C)s2)n[nH]1. The van der Waals surface area contributed by atoms with Gasteiger partial charge in [0.2, 0.25) is 0 Å². The third-order valence-corrected chi connectivity index (χ3v) is 3.31. The fourth-order valence-corrected chi connectivity index (χ4v) is 2.21. The third kappa shape index (κ3) is 2.71. The number of hydrogen-bond donors (Lipinski definition) is 2. The van der Waals surface area contributed by atoms with Gasteiger partial charge in [-0.25, -0.2) is 4.98 Å². The van der Waals surface area contributed by atoms with Crippen LogP contribution in [0.2, 0.25) is 0 Å². The van der Waals surface area contributed by atoms with E-state index in [4.69, 9.17) is 0 Å². The number of thiophene rings is 1. The number of rotatable bonds is 3. The molecule has 0 bridgehead atoms. The molecule has 0 aliphatic heterocycles. The van der Waals surface area contributed by atoms with Crippen molar-refractivity contribution >= 4 is 17.2 Å². The van der Waals surface area contributed by atoms with E-state index < -0.39 is 0 Å². The normalized spacial score (nSPS) is 12.4. The van der Waals surface area contributed by atoms with Crippen LogP contribution >= 0.6 is 11.3 Å². The quantitative estimate of drug-likeness (QED) is 0.875. The van der Waals surface area contributed by atoms with E-state index in [0.29, 0.717) is 10.7 Å². The number of aromatic nitrogens is 3. The van der Waals surface area contributed by atoms with Gasteiger partial charge in [-0.3, -0.25) is 9.89 Å². The molecule has 2 aromatic rings. The molecule has 2 heterocycles. The number of aromatic amines is 1. The predicted molar refractivity (Wildman–Crippen MR) is 66.1 cm³/mol. The van der Waals surface area contributed by atoms with Gasteiger partial charge >= 0.3 is 0 Å². The summed E-state index contributed by atoms with van der Waals surface area (Å²) < 4.78 is 0. The predicted octanol–water partition coefficient (Wildman–Crippen LogP) is 1.97. The molecule has 2 rings (SSSR count). The minimum atomic E-state index is -0.199. The Morgan fingerprint density at radius 1 is 1.47 bits per heavy atom. The van der Waals surface area contributed by atoms with Crippen LogP contribution in [0.25, 0.3) is 0 Å². The highest BCUT2D eigenvalue weighted by atomic mass is 32.1. The van der Waals surface area contributed by atoms with E-state index in [9.17, 15) is 4.79 Å². The summed E-state index contributed by atoms with van der Waals surface area (Å²) >= 11 is 1.48. The minimum Gasteiger partial charge on any atom is -0.342 e. The molecular weight excluding hydrogens is 236 g/mol. The molecule has 2 aromatic heterocycles. The van der Waals surface area contributed by atoms with Crippen molar-refractivity contribution in [2.75, 3.05) is 0 Å². The van der Waals surface area contributed by atoms with Crippen molar-refractivity contribution in [1.29, 1.82) is 0 Å². The summed E-state index contributed by atoms with van der Waals surface area (Å²) in [6.45, 7) is 5.66. The molecule has 0 saturated carbocycles. The second-order valence-corrected chi connectivity index (χ2v) is 5.17. The van der Waals surface area contributed by atoms with Crippen LogP contribution in [-0.2, 0) is 0 Å². The lowest BCUT2D eigenvalue weighted by Gasteiger charge is -2.08. The molecule has 1 atom stereocenters. The van der Waals surface area contributed by atoms with Gasteiger partial charge in [-0.1, -0.05) is 0 Å². The second-order valence-electron chi connectivity index (χ2n) is 3.88. The zero-order chi connectivity index (χ0) is 12.4. The van der Waals surface area contributed by atoms with E-state index in [1.165, 1.54) is 11.3 Å². The van der Waals surface area contributed by atoms with Crippen LogP contribution in [0, 0.1) is 13.8 Å². The average Bonchev–Trinajstić information content (AvgIpc) is 2.87. The maximum Gasteiger partial charge on any atom is 0.261 e. The first kappa shape index (κ1) is 11.8. The van der Waals surface area contributed by atoms with E-state index in [1.807, 2.05) is 32.9 Å². The number of nitrogens with zero attached hydrogens (tertiary/aromatic N) is 2. The number of H-pyrrole nitrogens is 1. The van der Waals surface area contributed by atoms with Gasteiger partial charge in [0.15, 0.2) is 5.82 Å². The molecule has 0 unspecified atom stereocenters. The van der Waals surface area contributed by atoms with Crippen LogP contribution in [0.15, 0.2) is 12.1 Å². The van der Waals surface area contributed by atoms with Gasteiger partial charge in [0.1, 0.15) is 5.82 Å². The van der Waals surface area contributed by atoms with E-state index in [1.54, 1.807) is 0 Å². The Kier molecular flexibility index (Phi) is 3.23. The average molecular weight is 250 g/mol. The number of amides is 1. The molecule has 5 nitrogen and oxygen atoms in total. The van der Waals surface area contributed by atoms with E-state index in [0.717, 1.165) is 10.7 Å². The van der Waals surface area contributed by atoms with Gasteiger partial charge in [-0.15, -0.1) is 11.3 Å². The summed E-state index contributed by atoms with van der Waals surface area (Å²) in [5.41, 5.74) is 0. The Morgan fingerprint density at radius 2 is 2.24 bits per heavy atom. The molecule has 1 amide bonds. The summed E-state index contributed by atoms with van der Waals surface area (Å²) in [7, 11) is 0. The molecule has 6 heteroatoms. The fourth-order valence-electron chi connectivity index (χ4n) is 1.44. The van der Waals surface area contributed by atoms with Gasteiger partial charge in [0.05, 0.1) is 10.9 Å². The van der Waals surface area contributed by atoms with Crippen molar-refractivity contribution in [3.63, 3.8) is 0 Å². The summed E-state index contributed by atoms with van der Waals surface area (Å²) in [6, 6.07) is 3.56. The highest BCUT2D eigenvalue weighted by Crippen LogP contribution is 2.16. The molecule has 90 valence electrons. The Balaban J connectivity index is 2.04. The molecule has 0 aliphatic rings. The monoisotopic (exact) mass is 250 g/mol. The largest absolute Gasteiger partial charge is 0.342 e. The molecule has 0 radical (unpaired) electrons. The Morgan fingerprint density at radius 3 is 2.76 bits per heavy atom. The minimum absolute atomic E-state index is 0.0851. The fraction of sp³-hybridized carbons (Fsp3) is 0.364. The zero-order valence-electron chi connectivity index (χ0n) is 9.94. The van der Waals surface area contributed by atoms with Crippen LogP contribution in [0.5, 0.6) is 0 Å². The van der Waals surface area contributed by atoms with Gasteiger partial charge in [0, 0.05) is 4.88 Å². The standard InChI is InChI=1S/C11H14N4OS/c1-6-4-5-9(17-6)11(16)12-7(2)10-13-8(3)14-15-10/h4-5,7H,1-3H3,(H,12,16)(H,13,14,15)/t7-/m1/s1. The first-order valence-corrected chi connectivity index (χ1v) is 6.14. The van der Waals surface area contributed by atoms with Crippen LogP contribution in [-0.4, -0.2) is 21.1 Å². The second kappa shape index (κ2) is 4.67. The summed E-state index contributed by atoms with van der Waals surface area (Å²) in [4.78, 5) is 17.9. The van der Waals surface area contributed by atoms with Crippen LogP contribution in [0.4, 0.5) is 0 Å². The third-order valence-electron chi connectivity index (χ3n) is 2.31. The van der Waals surface area contributed by atoms with Crippen molar-refractivity contribution in [1.82, 2.24) is 20.5 Å². The van der Waals surface area contributed by atoms with Crippen molar-refractivity contribution in [3.8, 4) is 0 Å². The lowest BCUT2D eigenvalue weighted by molar-refractivity contribution is 0.0942. The summed E-state index contributed by atoms with van der Waals surface area (Å²) in [5.74, 6) is 1.26. The molecule has 2 N–H and O–H groups in total. The van der Waals surface area contributed by atoms with E-state index in [2.05, 4.69) is 20.5 Å². The maximum absolute atomic E-state index is 11.9. The highest BCUT2D eigenvalue weighted by molar-refractivity contribution is 7.13. The number of carbonyl (C=O) groups is 1. The molecule has 0 aliphatic carbocycles. The highest BCUT2D eigenvalue weighted by Gasteiger charge is 2.15. The van der Waals surface area contributed by atoms with Crippen LogP contribution < -0.4 is 5.32 Å². The summed E-state index contributed by atoms with van der Waals surface area (Å²) in [6.07, 6.45) is 0. The number of carbonyl (C=O) groups excluding carboxylic acids is 1. The lowest BCUT2D eigenvalue weighted by atomic mass is 10.3. The van der Waals surface area contributed by atoms with Crippen molar-refractivity contribution in [2.45, 2.75) is 26.8 Å². The van der Waals surface area contributed by atoms with Gasteiger partial charge in [-0.2, -0.15) is 5.10 Å². The Hall–Kier alpha value is -1.69. The van der Waals surface area contributed by atoms with E-state index >= 15 is 0 Å². The Labute approximate surface area is 103 Å². The number of hydrogen-bond acceptors (Lipinski definition) is 4. The van der Waals surface area contributed by atoms with Crippen molar-refractivity contribution < 1.29 is 4.79 Å². The molecule has 0 saturated heterocycles. The van der Waals surface area contributed by atoms with Crippen LogP contribution in [0.3, 0.4) is 0 Å². The topological polar surface area (TPSA) is 70.7 Å². The summed E-state index contributed by atoms with van der Waals surface area (Å²) in [5, 5.41) is 9.64. The lowest BCUT2D eigenvalue weighted by Crippen LogP contribution is -2.26. The van der Waals surface area contributed by atoms with Crippen molar-refractivity contribution in [3.05, 3.63) is 33.5 Å². The molecule has 17 heavy (non-hydrogen) atoms. The maximum atomic E-state index is 11.9. The van der Waals surface area contributed by atoms with Crippen LogP contribution in [0.1, 0.15) is 39.2 Å². The zero-order valence-corrected chi connectivity index (χ0v) is 10.8. The first-order valence-electron chi connectivity index (χ1n) is 5.32. The van der Waals surface area contributed by atoms with Gasteiger partial charge in [-0.05, 0) is 32.9 Å². The first-order chi connectivity index (χ1) is 8.06. The molecule has 0 fully saturated rings. The van der Waals surface area contributed by atoms with Gasteiger partial charge < -0.3 is 5.32 Å². The van der Waals surface area contributed by atoms with E-state index in [-0.39, 0.29) is 11.9 Å². The molecule has 0 aromatic carbocycles. The number of nitrogens with one attached hydrogen (secondary N) is 2. The van der Waals surface area contributed by atoms with Crippen molar-refractivity contribution in [2.24, 2.45) is 0 Å². The molecular formula is C11H14N4OS.